The van der Waals surface area contributed by atoms with Crippen LogP contribution in [0.15, 0.2) is 12.1 Å². The molecule has 1 fully saturated rings. The van der Waals surface area contributed by atoms with E-state index < -0.39 is 0 Å². The summed E-state index contributed by atoms with van der Waals surface area (Å²) < 4.78 is 11.7. The van der Waals surface area contributed by atoms with Crippen molar-refractivity contribution >= 4 is 0 Å². The summed E-state index contributed by atoms with van der Waals surface area (Å²) in [6.07, 6.45) is 3.69. The first kappa shape index (κ1) is 11.6. The SMILES string of the molecule is CC1CNC(C2CC2)c2cc3c(cc21)OCCCO3. The lowest BCUT2D eigenvalue weighted by Crippen LogP contribution is -2.33. The van der Waals surface area contributed by atoms with Gasteiger partial charge in [0.2, 0.25) is 0 Å². The van der Waals surface area contributed by atoms with Crippen LogP contribution < -0.4 is 14.8 Å². The Kier molecular flexibility index (Phi) is 2.69. The van der Waals surface area contributed by atoms with Crippen LogP contribution in [0.5, 0.6) is 11.5 Å². The third-order valence-electron chi connectivity index (χ3n) is 4.56. The minimum Gasteiger partial charge on any atom is -0.490 e. The summed E-state index contributed by atoms with van der Waals surface area (Å²) >= 11 is 0. The zero-order valence-electron chi connectivity index (χ0n) is 11.4. The van der Waals surface area contributed by atoms with Crippen LogP contribution >= 0.6 is 0 Å². The van der Waals surface area contributed by atoms with Gasteiger partial charge in [0.25, 0.3) is 0 Å². The van der Waals surface area contributed by atoms with Crippen LogP contribution in [0.2, 0.25) is 0 Å². The molecule has 2 atom stereocenters. The van der Waals surface area contributed by atoms with Gasteiger partial charge in [0.1, 0.15) is 0 Å². The highest BCUT2D eigenvalue weighted by Crippen LogP contribution is 2.47. The molecule has 4 rings (SSSR count). The van der Waals surface area contributed by atoms with E-state index in [1.807, 2.05) is 0 Å². The predicted octanol–water partition coefficient (Wildman–Crippen LogP) is 3.01. The first-order valence-electron chi connectivity index (χ1n) is 7.50. The van der Waals surface area contributed by atoms with Gasteiger partial charge in [-0.15, -0.1) is 0 Å². The summed E-state index contributed by atoms with van der Waals surface area (Å²) in [4.78, 5) is 0. The normalized spacial score (nSPS) is 29.5. The molecule has 0 bridgehead atoms. The maximum Gasteiger partial charge on any atom is 0.161 e. The molecule has 1 aromatic carbocycles. The fourth-order valence-electron chi connectivity index (χ4n) is 3.31. The lowest BCUT2D eigenvalue weighted by Gasteiger charge is -2.32. The Morgan fingerprint density at radius 1 is 1.05 bits per heavy atom. The second-order valence-electron chi connectivity index (χ2n) is 6.10. The molecule has 3 nitrogen and oxygen atoms in total. The number of ether oxygens (including phenoxy) is 2. The Labute approximate surface area is 114 Å². The Morgan fingerprint density at radius 3 is 2.42 bits per heavy atom. The molecule has 102 valence electrons. The lowest BCUT2D eigenvalue weighted by molar-refractivity contribution is 0.297. The van der Waals surface area contributed by atoms with Crippen molar-refractivity contribution in [2.45, 2.75) is 38.1 Å². The van der Waals surface area contributed by atoms with Gasteiger partial charge in [0.05, 0.1) is 13.2 Å². The van der Waals surface area contributed by atoms with Gasteiger partial charge < -0.3 is 14.8 Å². The molecule has 2 aliphatic heterocycles. The number of hydrogen-bond donors (Lipinski definition) is 1. The molecule has 0 amide bonds. The smallest absolute Gasteiger partial charge is 0.161 e. The lowest BCUT2D eigenvalue weighted by atomic mass is 9.85. The first-order chi connectivity index (χ1) is 9.33. The monoisotopic (exact) mass is 259 g/mol. The van der Waals surface area contributed by atoms with Gasteiger partial charge in [-0.3, -0.25) is 0 Å². The van der Waals surface area contributed by atoms with Crippen molar-refractivity contribution in [3.8, 4) is 11.5 Å². The first-order valence-corrected chi connectivity index (χ1v) is 7.50. The fourth-order valence-corrected chi connectivity index (χ4v) is 3.31. The highest BCUT2D eigenvalue weighted by molar-refractivity contribution is 5.51. The van der Waals surface area contributed by atoms with Crippen LogP contribution in [0.4, 0.5) is 0 Å². The molecule has 1 aromatic rings. The molecule has 2 heterocycles. The van der Waals surface area contributed by atoms with Crippen LogP contribution in [0.1, 0.15) is 49.3 Å². The molecule has 0 radical (unpaired) electrons. The van der Waals surface area contributed by atoms with Crippen LogP contribution in [-0.4, -0.2) is 19.8 Å². The van der Waals surface area contributed by atoms with E-state index >= 15 is 0 Å². The quantitative estimate of drug-likeness (QED) is 0.841. The number of nitrogens with one attached hydrogen (secondary N) is 1. The van der Waals surface area contributed by atoms with Crippen LogP contribution in [-0.2, 0) is 0 Å². The van der Waals surface area contributed by atoms with E-state index in [0.29, 0.717) is 12.0 Å². The standard InChI is InChI=1S/C16H21NO2/c1-10-9-17-16(11-3-4-11)13-8-15-14(7-12(10)13)18-5-2-6-19-15/h7-8,10-11,16-17H,2-6,9H2,1H3. The van der Waals surface area contributed by atoms with Crippen LogP contribution in [0.3, 0.4) is 0 Å². The van der Waals surface area contributed by atoms with Crippen molar-refractivity contribution in [3.05, 3.63) is 23.3 Å². The molecular formula is C16H21NO2. The van der Waals surface area contributed by atoms with E-state index in [1.165, 1.54) is 24.0 Å². The predicted molar refractivity (Wildman–Crippen MR) is 73.9 cm³/mol. The number of hydrogen-bond acceptors (Lipinski definition) is 3. The molecule has 3 heteroatoms. The molecule has 19 heavy (non-hydrogen) atoms. The zero-order chi connectivity index (χ0) is 12.8. The largest absolute Gasteiger partial charge is 0.490 e. The maximum atomic E-state index is 5.85. The topological polar surface area (TPSA) is 30.5 Å². The summed E-state index contributed by atoms with van der Waals surface area (Å²) in [7, 11) is 0. The van der Waals surface area contributed by atoms with Crippen molar-refractivity contribution < 1.29 is 9.47 Å². The zero-order valence-corrected chi connectivity index (χ0v) is 11.4. The summed E-state index contributed by atoms with van der Waals surface area (Å²) in [5, 5.41) is 3.71. The van der Waals surface area contributed by atoms with E-state index in [9.17, 15) is 0 Å². The molecule has 0 spiro atoms. The molecule has 1 saturated carbocycles. The minimum absolute atomic E-state index is 0.531. The second-order valence-corrected chi connectivity index (χ2v) is 6.10. The summed E-state index contributed by atoms with van der Waals surface area (Å²) in [6.45, 7) is 4.90. The Bertz CT molecular complexity index is 496. The summed E-state index contributed by atoms with van der Waals surface area (Å²) in [5.74, 6) is 3.27. The Morgan fingerprint density at radius 2 is 1.74 bits per heavy atom. The Hall–Kier alpha value is -1.22. The molecule has 2 unspecified atom stereocenters. The third kappa shape index (κ3) is 2.00. The van der Waals surface area contributed by atoms with Gasteiger partial charge in [-0.1, -0.05) is 6.92 Å². The van der Waals surface area contributed by atoms with Crippen LogP contribution in [0, 0.1) is 5.92 Å². The van der Waals surface area contributed by atoms with Crippen molar-refractivity contribution in [1.29, 1.82) is 0 Å². The van der Waals surface area contributed by atoms with E-state index in [-0.39, 0.29) is 0 Å². The van der Waals surface area contributed by atoms with Crippen molar-refractivity contribution in [1.82, 2.24) is 5.32 Å². The summed E-state index contributed by atoms with van der Waals surface area (Å²) in [5.41, 5.74) is 2.91. The van der Waals surface area contributed by atoms with Crippen molar-refractivity contribution in [3.63, 3.8) is 0 Å². The van der Waals surface area contributed by atoms with Gasteiger partial charge in [0, 0.05) is 19.0 Å². The fraction of sp³-hybridized carbons (Fsp3) is 0.625. The average molecular weight is 259 g/mol. The van der Waals surface area contributed by atoms with Gasteiger partial charge in [-0.2, -0.15) is 0 Å². The highest BCUT2D eigenvalue weighted by atomic mass is 16.5. The molecule has 1 N–H and O–H groups in total. The molecule has 0 aromatic heterocycles. The summed E-state index contributed by atoms with van der Waals surface area (Å²) in [6, 6.07) is 5.00. The number of benzene rings is 1. The molecule has 1 aliphatic carbocycles. The van der Waals surface area contributed by atoms with E-state index in [4.69, 9.17) is 9.47 Å². The van der Waals surface area contributed by atoms with Gasteiger partial charge in [-0.25, -0.2) is 0 Å². The highest BCUT2D eigenvalue weighted by Gasteiger charge is 2.37. The van der Waals surface area contributed by atoms with Gasteiger partial charge in [-0.05, 0) is 47.9 Å². The molecule has 0 saturated heterocycles. The van der Waals surface area contributed by atoms with Gasteiger partial charge in [0.15, 0.2) is 11.5 Å². The number of fused-ring (bicyclic) bond motifs is 2. The van der Waals surface area contributed by atoms with Crippen LogP contribution in [0.25, 0.3) is 0 Å². The van der Waals surface area contributed by atoms with E-state index in [1.54, 1.807) is 0 Å². The molecule has 3 aliphatic rings. The average Bonchev–Trinajstić information content (AvgIpc) is 3.24. The minimum atomic E-state index is 0.531. The maximum absolute atomic E-state index is 5.85. The third-order valence-corrected chi connectivity index (χ3v) is 4.56. The molecular weight excluding hydrogens is 238 g/mol. The number of rotatable bonds is 1. The second kappa shape index (κ2) is 4.41. The Balaban J connectivity index is 1.79. The van der Waals surface area contributed by atoms with E-state index in [0.717, 1.165) is 43.6 Å². The van der Waals surface area contributed by atoms with Crippen molar-refractivity contribution in [2.24, 2.45) is 5.92 Å². The van der Waals surface area contributed by atoms with Crippen molar-refractivity contribution in [2.75, 3.05) is 19.8 Å². The van der Waals surface area contributed by atoms with Gasteiger partial charge >= 0.3 is 0 Å². The van der Waals surface area contributed by atoms with E-state index in [2.05, 4.69) is 24.4 Å².